The van der Waals surface area contributed by atoms with Gasteiger partial charge in [-0.05, 0) is 36.4 Å². The number of thiazole rings is 1. The van der Waals surface area contributed by atoms with Gasteiger partial charge in [0.05, 0.1) is 28.0 Å². The number of benzene rings is 2. The van der Waals surface area contributed by atoms with Crippen molar-refractivity contribution in [2.45, 2.75) is 6.42 Å². The zero-order valence-corrected chi connectivity index (χ0v) is 15.9. The van der Waals surface area contributed by atoms with Crippen LogP contribution in [-0.4, -0.2) is 27.9 Å². The number of fused-ring (bicyclic) bond motifs is 1. The summed E-state index contributed by atoms with van der Waals surface area (Å²) in [4.78, 5) is 49.2. The number of carbonyl (C=O) groups is 3. The summed E-state index contributed by atoms with van der Waals surface area (Å²) >= 11 is 4.23. The maximum absolute atomic E-state index is 12.4. The van der Waals surface area contributed by atoms with Gasteiger partial charge in [0, 0.05) is 10.0 Å². The topological polar surface area (TPSA) is 128 Å². The number of ketones is 1. The van der Waals surface area contributed by atoms with E-state index in [2.05, 4.69) is 31.5 Å². The van der Waals surface area contributed by atoms with Crippen LogP contribution in [0.2, 0.25) is 0 Å². The van der Waals surface area contributed by atoms with E-state index in [1.54, 1.807) is 18.2 Å². The number of anilines is 2. The average molecular weight is 450 g/mol. The molecule has 0 aliphatic carbocycles. The summed E-state index contributed by atoms with van der Waals surface area (Å²) in [5.74, 6) is -1.01. The summed E-state index contributed by atoms with van der Waals surface area (Å²) in [5.41, 5.74) is 1.35. The molecule has 0 saturated heterocycles. The van der Waals surface area contributed by atoms with E-state index in [0.29, 0.717) is 20.3 Å². The van der Waals surface area contributed by atoms with Crippen molar-refractivity contribution in [1.82, 2.24) is 4.98 Å². The Bertz CT molecular complexity index is 1120. The van der Waals surface area contributed by atoms with Gasteiger partial charge in [0.2, 0.25) is 5.91 Å². The van der Waals surface area contributed by atoms with Crippen LogP contribution < -0.4 is 15.5 Å². The van der Waals surface area contributed by atoms with Crippen molar-refractivity contribution in [2.24, 2.45) is 0 Å². The van der Waals surface area contributed by atoms with Crippen LogP contribution in [0.1, 0.15) is 16.8 Å². The Kier molecular flexibility index (Phi) is 5.38. The number of hydrogen-bond donors (Lipinski definition) is 4. The van der Waals surface area contributed by atoms with Gasteiger partial charge in [0.1, 0.15) is 0 Å². The Morgan fingerprint density at radius 1 is 1.07 bits per heavy atom. The standard InChI is InChI=1S/C17H12BrN3O5S/c18-9-2-4-10(20-16(24)25)12(6-9)19-15(23)7-13(22)8-1-3-11-14(5-8)27-17(26)21-11/h1-6,20H,7H2,(H,19,23)(H,21,26)(H,24,25). The predicted octanol–water partition coefficient (Wildman–Crippen LogP) is 3.65. The predicted molar refractivity (Wildman–Crippen MR) is 106 cm³/mol. The normalized spacial score (nSPS) is 10.6. The summed E-state index contributed by atoms with van der Waals surface area (Å²) in [7, 11) is 0. The molecule has 1 aromatic heterocycles. The first-order valence-corrected chi connectivity index (χ1v) is 9.18. The Morgan fingerprint density at radius 2 is 1.85 bits per heavy atom. The highest BCUT2D eigenvalue weighted by Gasteiger charge is 2.15. The van der Waals surface area contributed by atoms with Gasteiger partial charge < -0.3 is 15.4 Å². The molecule has 3 aromatic rings. The van der Waals surface area contributed by atoms with Crippen molar-refractivity contribution in [3.63, 3.8) is 0 Å². The largest absolute Gasteiger partial charge is 0.465 e. The fourth-order valence-corrected chi connectivity index (χ4v) is 3.54. The van der Waals surface area contributed by atoms with Gasteiger partial charge in [0.15, 0.2) is 5.78 Å². The maximum Gasteiger partial charge on any atom is 0.409 e. The first-order chi connectivity index (χ1) is 12.8. The minimum absolute atomic E-state index is 0.185. The smallest absolute Gasteiger partial charge is 0.409 e. The summed E-state index contributed by atoms with van der Waals surface area (Å²) in [6.45, 7) is 0. The average Bonchev–Trinajstić information content (AvgIpc) is 2.96. The van der Waals surface area contributed by atoms with Crippen LogP contribution in [0.5, 0.6) is 0 Å². The molecule has 138 valence electrons. The fourth-order valence-electron chi connectivity index (χ4n) is 2.41. The second-order valence-corrected chi connectivity index (χ2v) is 7.42. The van der Waals surface area contributed by atoms with E-state index in [4.69, 9.17) is 5.11 Å². The minimum Gasteiger partial charge on any atom is -0.465 e. The van der Waals surface area contributed by atoms with Gasteiger partial charge in [-0.1, -0.05) is 27.3 Å². The third kappa shape index (κ3) is 4.60. The third-order valence-electron chi connectivity index (χ3n) is 3.56. The van der Waals surface area contributed by atoms with E-state index < -0.39 is 24.2 Å². The number of rotatable bonds is 5. The summed E-state index contributed by atoms with van der Waals surface area (Å²) in [6, 6.07) is 9.33. The maximum atomic E-state index is 12.4. The molecule has 2 aromatic carbocycles. The lowest BCUT2D eigenvalue weighted by Crippen LogP contribution is -2.18. The lowest BCUT2D eigenvalue weighted by atomic mass is 10.1. The van der Waals surface area contributed by atoms with Crippen LogP contribution in [0.3, 0.4) is 0 Å². The fraction of sp³-hybridized carbons (Fsp3) is 0.0588. The van der Waals surface area contributed by atoms with E-state index in [1.807, 2.05) is 0 Å². The van der Waals surface area contributed by atoms with Crippen LogP contribution in [0.25, 0.3) is 10.2 Å². The molecule has 0 atom stereocenters. The zero-order chi connectivity index (χ0) is 19.6. The zero-order valence-electron chi connectivity index (χ0n) is 13.5. The molecule has 0 radical (unpaired) electrons. The van der Waals surface area contributed by atoms with Gasteiger partial charge in [0.25, 0.3) is 0 Å². The Labute approximate surface area is 164 Å². The summed E-state index contributed by atoms with van der Waals surface area (Å²) in [6.07, 6.45) is -1.70. The monoisotopic (exact) mass is 449 g/mol. The SMILES string of the molecule is O=C(O)Nc1ccc(Br)cc1NC(=O)CC(=O)c1ccc2[nH]c(=O)sc2c1. The molecule has 27 heavy (non-hydrogen) atoms. The summed E-state index contributed by atoms with van der Waals surface area (Å²) in [5, 5.41) is 13.6. The molecule has 0 fully saturated rings. The lowest BCUT2D eigenvalue weighted by molar-refractivity contribution is -0.115. The van der Waals surface area contributed by atoms with E-state index >= 15 is 0 Å². The second kappa shape index (κ2) is 7.72. The van der Waals surface area contributed by atoms with Crippen molar-refractivity contribution in [3.05, 3.63) is 56.1 Å². The van der Waals surface area contributed by atoms with Crippen LogP contribution in [0.4, 0.5) is 16.2 Å². The van der Waals surface area contributed by atoms with Crippen LogP contribution in [0.15, 0.2) is 45.7 Å². The summed E-state index contributed by atoms with van der Waals surface area (Å²) < 4.78 is 1.26. The number of aromatic amines is 1. The number of carbonyl (C=O) groups excluding carboxylic acids is 2. The van der Waals surface area contributed by atoms with Crippen LogP contribution in [0, 0.1) is 0 Å². The van der Waals surface area contributed by atoms with Crippen molar-refractivity contribution in [2.75, 3.05) is 10.6 Å². The van der Waals surface area contributed by atoms with Crippen molar-refractivity contribution < 1.29 is 19.5 Å². The highest BCUT2D eigenvalue weighted by Crippen LogP contribution is 2.26. The van der Waals surface area contributed by atoms with E-state index in [1.165, 1.54) is 18.2 Å². The molecule has 0 saturated carbocycles. The molecular formula is C17H12BrN3O5S. The molecule has 0 spiro atoms. The molecule has 0 bridgehead atoms. The van der Waals surface area contributed by atoms with E-state index in [0.717, 1.165) is 11.3 Å². The second-order valence-electron chi connectivity index (χ2n) is 5.49. The van der Waals surface area contributed by atoms with Gasteiger partial charge in [-0.2, -0.15) is 0 Å². The molecule has 10 heteroatoms. The first kappa shape index (κ1) is 18.8. The molecule has 0 unspecified atom stereocenters. The van der Waals surface area contributed by atoms with E-state index in [-0.39, 0.29) is 16.2 Å². The number of amides is 2. The number of halogens is 1. The third-order valence-corrected chi connectivity index (χ3v) is 4.90. The minimum atomic E-state index is -1.28. The van der Waals surface area contributed by atoms with Gasteiger partial charge in [-0.3, -0.25) is 19.7 Å². The van der Waals surface area contributed by atoms with Gasteiger partial charge in [-0.25, -0.2) is 4.79 Å². The number of hydrogen-bond acceptors (Lipinski definition) is 5. The molecule has 0 aliphatic rings. The van der Waals surface area contributed by atoms with Gasteiger partial charge in [-0.15, -0.1) is 0 Å². The van der Waals surface area contributed by atoms with Crippen LogP contribution in [-0.2, 0) is 4.79 Å². The number of Topliss-reactive ketones (excluding diaryl/α,β-unsaturated/α-hetero) is 1. The number of aromatic nitrogens is 1. The van der Waals surface area contributed by atoms with Crippen molar-refractivity contribution in [3.8, 4) is 0 Å². The molecule has 3 rings (SSSR count). The van der Waals surface area contributed by atoms with Crippen LogP contribution >= 0.6 is 27.3 Å². The number of carboxylic acid groups (broad SMARTS) is 1. The Morgan fingerprint density at radius 3 is 2.59 bits per heavy atom. The molecule has 8 nitrogen and oxygen atoms in total. The van der Waals surface area contributed by atoms with Crippen molar-refractivity contribution >= 4 is 66.6 Å². The van der Waals surface area contributed by atoms with E-state index in [9.17, 15) is 19.2 Å². The molecular weight excluding hydrogens is 438 g/mol. The van der Waals surface area contributed by atoms with Gasteiger partial charge >= 0.3 is 11.0 Å². The Hall–Kier alpha value is -2.98. The quantitative estimate of drug-likeness (QED) is 0.349. The molecule has 0 aliphatic heterocycles. The highest BCUT2D eigenvalue weighted by molar-refractivity contribution is 9.10. The molecule has 1 heterocycles. The lowest BCUT2D eigenvalue weighted by Gasteiger charge is -2.11. The number of H-pyrrole nitrogens is 1. The Balaban J connectivity index is 1.74. The molecule has 4 N–H and O–H groups in total. The molecule has 2 amide bonds. The number of nitrogens with one attached hydrogen (secondary N) is 3. The first-order valence-electron chi connectivity index (χ1n) is 7.57. The van der Waals surface area contributed by atoms with Crippen molar-refractivity contribution in [1.29, 1.82) is 0 Å². The highest BCUT2D eigenvalue weighted by atomic mass is 79.9.